The number of hydrogen-bond acceptors (Lipinski definition) is 4. The van der Waals surface area contributed by atoms with E-state index in [2.05, 4.69) is 26.7 Å². The van der Waals surface area contributed by atoms with Crippen molar-refractivity contribution < 1.29 is 18.5 Å². The second kappa shape index (κ2) is 9.74. The molecule has 0 amide bonds. The Hall–Kier alpha value is 0.540. The fourth-order valence-corrected chi connectivity index (χ4v) is 3.93. The van der Waals surface area contributed by atoms with Crippen LogP contribution in [0.2, 0.25) is 0 Å². The average Bonchev–Trinajstić information content (AvgIpc) is 2.38. The van der Waals surface area contributed by atoms with Crippen molar-refractivity contribution in [3.8, 4) is 0 Å². The quantitative estimate of drug-likeness (QED) is 0.690. The standard InChI is InChI=1S/C12H23O4P.C4H12P/c13-17(14,15-11-7-3-1-4-8-11)16-12-9-5-2-6-10-12;1-5(2,3)4/h11-12H,1-10H2,(H,13,14);1-4H3/q;+1/p-1. The molecule has 0 spiro atoms. The third-order valence-corrected chi connectivity index (χ3v) is 4.77. The Bertz CT molecular complexity index is 313. The first-order chi connectivity index (χ1) is 10.2. The molecule has 0 aliphatic heterocycles. The minimum absolute atomic E-state index is 0.143. The molecule has 0 heterocycles. The molecule has 2 fully saturated rings. The highest BCUT2D eigenvalue weighted by Crippen LogP contribution is 2.45. The van der Waals surface area contributed by atoms with E-state index in [1.165, 1.54) is 12.8 Å². The molecular weight excluding hydrogens is 318 g/mol. The molecule has 2 aliphatic rings. The van der Waals surface area contributed by atoms with Gasteiger partial charge in [0.1, 0.15) is 0 Å². The van der Waals surface area contributed by atoms with Crippen LogP contribution in [0, 0.1) is 0 Å². The summed E-state index contributed by atoms with van der Waals surface area (Å²) in [4.78, 5) is 11.8. The number of phosphoric acid groups is 1. The first-order valence-electron chi connectivity index (χ1n) is 8.62. The highest BCUT2D eigenvalue weighted by atomic mass is 31.2. The zero-order valence-electron chi connectivity index (χ0n) is 14.8. The van der Waals surface area contributed by atoms with Crippen LogP contribution in [0.5, 0.6) is 0 Å². The van der Waals surface area contributed by atoms with Crippen LogP contribution in [0.3, 0.4) is 0 Å². The predicted octanol–water partition coefficient (Wildman–Crippen LogP) is 4.68. The van der Waals surface area contributed by atoms with E-state index in [1.807, 2.05) is 0 Å². The minimum atomic E-state index is -4.08. The summed E-state index contributed by atoms with van der Waals surface area (Å²) in [5, 5.41) is 0. The lowest BCUT2D eigenvalue weighted by Gasteiger charge is -2.34. The molecule has 2 aliphatic carbocycles. The van der Waals surface area contributed by atoms with E-state index in [1.54, 1.807) is 0 Å². The van der Waals surface area contributed by atoms with Crippen LogP contribution >= 0.6 is 15.1 Å². The van der Waals surface area contributed by atoms with Gasteiger partial charge in [-0.2, -0.15) is 0 Å². The van der Waals surface area contributed by atoms with Crippen LogP contribution in [0.25, 0.3) is 0 Å². The molecular formula is C16H34O4P2. The van der Waals surface area contributed by atoms with Gasteiger partial charge < -0.3 is 13.9 Å². The fraction of sp³-hybridized carbons (Fsp3) is 1.00. The van der Waals surface area contributed by atoms with Gasteiger partial charge in [-0.25, -0.2) is 0 Å². The summed E-state index contributed by atoms with van der Waals surface area (Å²) in [6, 6.07) is 0. The SMILES string of the molecule is C[P+](C)(C)C.O=P([O-])(OC1CCCCC1)OC1CCCCC1. The lowest BCUT2D eigenvalue weighted by Crippen LogP contribution is -2.24. The van der Waals surface area contributed by atoms with Gasteiger partial charge in [-0.05, 0) is 25.7 Å². The Kier molecular flexibility index (Phi) is 9.12. The maximum atomic E-state index is 11.8. The van der Waals surface area contributed by atoms with Gasteiger partial charge in [0.15, 0.2) is 0 Å². The van der Waals surface area contributed by atoms with Crippen LogP contribution in [-0.4, -0.2) is 38.9 Å². The van der Waals surface area contributed by atoms with Crippen LogP contribution in [0.15, 0.2) is 0 Å². The third-order valence-electron chi connectivity index (χ3n) is 3.66. The zero-order valence-corrected chi connectivity index (χ0v) is 16.5. The largest absolute Gasteiger partial charge is 0.756 e. The Labute approximate surface area is 137 Å². The summed E-state index contributed by atoms with van der Waals surface area (Å²) < 4.78 is 22.1. The van der Waals surface area contributed by atoms with Crippen LogP contribution in [0.1, 0.15) is 64.2 Å². The fourth-order valence-electron chi connectivity index (χ4n) is 2.73. The van der Waals surface area contributed by atoms with Gasteiger partial charge in [-0.15, -0.1) is 0 Å². The molecule has 4 nitrogen and oxygen atoms in total. The van der Waals surface area contributed by atoms with E-state index in [-0.39, 0.29) is 19.5 Å². The highest BCUT2D eigenvalue weighted by Gasteiger charge is 2.24. The molecule has 0 radical (unpaired) electrons. The Morgan fingerprint density at radius 3 is 1.32 bits per heavy atom. The molecule has 6 heteroatoms. The normalized spacial score (nSPS) is 22.0. The van der Waals surface area contributed by atoms with Gasteiger partial charge >= 0.3 is 0 Å². The molecule has 0 aromatic rings. The maximum absolute atomic E-state index is 11.8. The van der Waals surface area contributed by atoms with Crippen LogP contribution in [0.4, 0.5) is 0 Å². The van der Waals surface area contributed by atoms with Crippen molar-refractivity contribution in [2.45, 2.75) is 76.4 Å². The van der Waals surface area contributed by atoms with E-state index >= 15 is 0 Å². The van der Waals surface area contributed by atoms with Gasteiger partial charge in [0.25, 0.3) is 7.82 Å². The molecule has 0 saturated heterocycles. The van der Waals surface area contributed by atoms with Crippen molar-refractivity contribution in [3.63, 3.8) is 0 Å². The van der Waals surface area contributed by atoms with E-state index in [0.29, 0.717) is 0 Å². The molecule has 0 N–H and O–H groups in total. The van der Waals surface area contributed by atoms with Gasteiger partial charge in [0.2, 0.25) is 0 Å². The van der Waals surface area contributed by atoms with Gasteiger partial charge in [0, 0.05) is 33.9 Å². The summed E-state index contributed by atoms with van der Waals surface area (Å²) in [7, 11) is -4.47. The van der Waals surface area contributed by atoms with Gasteiger partial charge in [-0.1, -0.05) is 38.5 Å². The van der Waals surface area contributed by atoms with Crippen LogP contribution < -0.4 is 4.89 Å². The summed E-state index contributed by atoms with van der Waals surface area (Å²) in [5.41, 5.74) is 0. The molecule has 2 saturated carbocycles. The molecule has 132 valence electrons. The molecule has 0 aromatic carbocycles. The Morgan fingerprint density at radius 1 is 0.773 bits per heavy atom. The van der Waals surface area contributed by atoms with Crippen molar-refractivity contribution in [2.75, 3.05) is 26.7 Å². The molecule has 0 bridgehead atoms. The summed E-state index contributed by atoms with van der Waals surface area (Å²) >= 11 is 0. The summed E-state index contributed by atoms with van der Waals surface area (Å²) in [5.74, 6) is 0. The molecule has 2 rings (SSSR count). The topological polar surface area (TPSA) is 58.6 Å². The summed E-state index contributed by atoms with van der Waals surface area (Å²) in [6.07, 6.45) is 9.73. The smallest absolute Gasteiger partial charge is 0.268 e. The van der Waals surface area contributed by atoms with Crippen molar-refractivity contribution in [3.05, 3.63) is 0 Å². The van der Waals surface area contributed by atoms with Gasteiger partial charge in [-0.3, -0.25) is 4.57 Å². The van der Waals surface area contributed by atoms with Crippen molar-refractivity contribution in [1.29, 1.82) is 0 Å². The third kappa shape index (κ3) is 11.1. The molecule has 0 aromatic heterocycles. The Balaban J connectivity index is 0.000000422. The summed E-state index contributed by atoms with van der Waals surface area (Å²) in [6.45, 7) is 9.19. The average molecular weight is 352 g/mol. The number of rotatable bonds is 4. The van der Waals surface area contributed by atoms with E-state index in [0.717, 1.165) is 51.4 Å². The van der Waals surface area contributed by atoms with E-state index < -0.39 is 7.82 Å². The Morgan fingerprint density at radius 2 is 1.05 bits per heavy atom. The van der Waals surface area contributed by atoms with Crippen molar-refractivity contribution >= 4 is 15.1 Å². The van der Waals surface area contributed by atoms with Crippen LogP contribution in [-0.2, 0) is 13.6 Å². The first kappa shape index (κ1) is 20.6. The van der Waals surface area contributed by atoms with Gasteiger partial charge in [0.05, 0.1) is 12.2 Å². The lowest BCUT2D eigenvalue weighted by atomic mass is 9.98. The molecule has 0 atom stereocenters. The predicted molar refractivity (Wildman–Crippen MR) is 94.1 cm³/mol. The lowest BCUT2D eigenvalue weighted by molar-refractivity contribution is -0.235. The maximum Gasteiger partial charge on any atom is 0.268 e. The second-order valence-corrected chi connectivity index (χ2v) is 14.5. The monoisotopic (exact) mass is 352 g/mol. The molecule has 0 unspecified atom stereocenters. The minimum Gasteiger partial charge on any atom is -0.756 e. The second-order valence-electron chi connectivity index (χ2n) is 7.86. The highest BCUT2D eigenvalue weighted by molar-refractivity contribution is 7.73. The zero-order chi connectivity index (χ0) is 16.6. The van der Waals surface area contributed by atoms with Crippen molar-refractivity contribution in [2.24, 2.45) is 0 Å². The van der Waals surface area contributed by atoms with E-state index in [9.17, 15) is 9.46 Å². The molecule has 22 heavy (non-hydrogen) atoms. The van der Waals surface area contributed by atoms with E-state index in [4.69, 9.17) is 9.05 Å². The number of phosphoric ester groups is 1. The number of hydrogen-bond donors (Lipinski definition) is 0. The van der Waals surface area contributed by atoms with Crippen molar-refractivity contribution in [1.82, 2.24) is 0 Å². The first-order valence-corrected chi connectivity index (χ1v) is 13.7.